The molecule has 8 heteroatoms. The van der Waals surface area contributed by atoms with Gasteiger partial charge in [0.05, 0.1) is 19.3 Å². The summed E-state index contributed by atoms with van der Waals surface area (Å²) < 4.78 is 30.2. The first kappa shape index (κ1) is 26.4. The molecule has 0 atom stereocenters. The lowest BCUT2D eigenvalue weighted by atomic mass is 10.0. The Labute approximate surface area is 213 Å². The highest BCUT2D eigenvalue weighted by Crippen LogP contribution is 2.18. The minimum atomic E-state index is -0.284. The highest BCUT2D eigenvalue weighted by molar-refractivity contribution is 5.74. The van der Waals surface area contributed by atoms with E-state index in [-0.39, 0.29) is 30.3 Å². The molecule has 36 heavy (non-hydrogen) atoms. The van der Waals surface area contributed by atoms with Gasteiger partial charge >= 0.3 is 6.03 Å². The lowest BCUT2D eigenvalue weighted by molar-refractivity contribution is -0.0524. The molecule has 196 valence electrons. The summed E-state index contributed by atoms with van der Waals surface area (Å²) in [6.07, 6.45) is 2.72. The predicted octanol–water partition coefficient (Wildman–Crippen LogP) is 4.55. The topological polar surface area (TPSA) is 63.3 Å². The quantitative estimate of drug-likeness (QED) is 0.520. The van der Waals surface area contributed by atoms with Gasteiger partial charge in [0, 0.05) is 45.2 Å². The van der Waals surface area contributed by atoms with Crippen LogP contribution in [-0.2, 0) is 22.6 Å². The fourth-order valence-corrected chi connectivity index (χ4v) is 4.60. The molecule has 2 aliphatic rings. The molecular formula is C28H38FN3O4. The van der Waals surface area contributed by atoms with Gasteiger partial charge in [-0.05, 0) is 62.1 Å². The van der Waals surface area contributed by atoms with Crippen LogP contribution in [0.15, 0.2) is 48.5 Å². The van der Waals surface area contributed by atoms with Gasteiger partial charge in [-0.25, -0.2) is 9.18 Å². The van der Waals surface area contributed by atoms with E-state index < -0.39 is 0 Å². The second-order valence-corrected chi connectivity index (χ2v) is 9.82. The minimum Gasteiger partial charge on any atom is -0.491 e. The zero-order valence-electron chi connectivity index (χ0n) is 21.3. The third kappa shape index (κ3) is 8.18. The molecule has 2 aromatic rings. The molecule has 2 saturated heterocycles. The van der Waals surface area contributed by atoms with Crippen LogP contribution in [0, 0.1) is 5.82 Å². The fourth-order valence-electron chi connectivity index (χ4n) is 4.60. The highest BCUT2D eigenvalue weighted by atomic mass is 19.1. The summed E-state index contributed by atoms with van der Waals surface area (Å²) in [4.78, 5) is 17.5. The highest BCUT2D eigenvalue weighted by Gasteiger charge is 2.25. The molecule has 0 spiro atoms. The standard InChI is InChI=1S/C28H38FN3O4/c1-21(2)36-26-9-5-23(6-10-26)20-32(19-22-3-7-24(29)8-4-22)28(33)30-25-11-14-31(15-12-25)16-13-27-34-17-18-35-27/h3-10,21,25,27H,11-20H2,1-2H3,(H,30,33). The van der Waals surface area contributed by atoms with E-state index in [1.807, 2.05) is 38.1 Å². The van der Waals surface area contributed by atoms with Gasteiger partial charge in [-0.2, -0.15) is 0 Å². The Kier molecular flexibility index (Phi) is 9.55. The Morgan fingerprint density at radius 3 is 2.19 bits per heavy atom. The SMILES string of the molecule is CC(C)Oc1ccc(CN(Cc2ccc(F)cc2)C(=O)NC2CCN(CCC3OCCO3)CC2)cc1. The summed E-state index contributed by atoms with van der Waals surface area (Å²) in [6.45, 7) is 9.02. The number of nitrogens with zero attached hydrogens (tertiary/aromatic N) is 2. The van der Waals surface area contributed by atoms with Crippen LogP contribution in [0.5, 0.6) is 5.75 Å². The molecule has 0 aromatic heterocycles. The largest absolute Gasteiger partial charge is 0.491 e. The maximum absolute atomic E-state index is 13.4. The molecule has 2 fully saturated rings. The second-order valence-electron chi connectivity index (χ2n) is 9.82. The van der Waals surface area contributed by atoms with Crippen molar-refractivity contribution in [1.82, 2.24) is 15.1 Å². The van der Waals surface area contributed by atoms with E-state index in [0.29, 0.717) is 26.3 Å². The maximum atomic E-state index is 13.4. The second kappa shape index (κ2) is 13.0. The molecule has 2 amide bonds. The number of likely N-dealkylation sites (tertiary alicyclic amines) is 1. The molecule has 0 unspecified atom stereocenters. The van der Waals surface area contributed by atoms with Crippen molar-refractivity contribution >= 4 is 6.03 Å². The van der Waals surface area contributed by atoms with Gasteiger partial charge in [0.15, 0.2) is 6.29 Å². The molecule has 1 N–H and O–H groups in total. The van der Waals surface area contributed by atoms with Crippen LogP contribution < -0.4 is 10.1 Å². The van der Waals surface area contributed by atoms with E-state index in [1.54, 1.807) is 17.0 Å². The van der Waals surface area contributed by atoms with Gasteiger partial charge in [0.2, 0.25) is 0 Å². The van der Waals surface area contributed by atoms with Crippen LogP contribution in [0.3, 0.4) is 0 Å². The number of urea groups is 1. The van der Waals surface area contributed by atoms with Crippen molar-refractivity contribution in [1.29, 1.82) is 0 Å². The van der Waals surface area contributed by atoms with Crippen molar-refractivity contribution in [3.05, 3.63) is 65.5 Å². The number of carbonyl (C=O) groups excluding carboxylic acids is 1. The molecule has 2 heterocycles. The summed E-state index contributed by atoms with van der Waals surface area (Å²) in [5.41, 5.74) is 1.90. The van der Waals surface area contributed by atoms with E-state index >= 15 is 0 Å². The van der Waals surface area contributed by atoms with Crippen LogP contribution in [-0.4, -0.2) is 67.1 Å². The van der Waals surface area contributed by atoms with Crippen LogP contribution in [0.25, 0.3) is 0 Å². The average Bonchev–Trinajstić information content (AvgIpc) is 3.39. The summed E-state index contributed by atoms with van der Waals surface area (Å²) in [5, 5.41) is 3.24. The number of rotatable bonds is 10. The van der Waals surface area contributed by atoms with Crippen molar-refractivity contribution in [3.8, 4) is 5.75 Å². The molecule has 0 aliphatic carbocycles. The van der Waals surface area contributed by atoms with E-state index in [4.69, 9.17) is 14.2 Å². The van der Waals surface area contributed by atoms with Crippen molar-refractivity contribution in [2.45, 2.75) is 64.6 Å². The molecular weight excluding hydrogens is 461 g/mol. The van der Waals surface area contributed by atoms with Crippen molar-refractivity contribution < 1.29 is 23.4 Å². The third-order valence-corrected chi connectivity index (χ3v) is 6.53. The lowest BCUT2D eigenvalue weighted by Crippen LogP contribution is -2.49. The number of benzene rings is 2. The molecule has 4 rings (SSSR count). The lowest BCUT2D eigenvalue weighted by Gasteiger charge is -2.34. The van der Waals surface area contributed by atoms with E-state index in [9.17, 15) is 9.18 Å². The molecule has 0 radical (unpaired) electrons. The first-order valence-corrected chi connectivity index (χ1v) is 13.0. The van der Waals surface area contributed by atoms with E-state index in [0.717, 1.165) is 55.8 Å². The van der Waals surface area contributed by atoms with E-state index in [1.165, 1.54) is 12.1 Å². The normalized spacial score (nSPS) is 17.4. The monoisotopic (exact) mass is 499 g/mol. The maximum Gasteiger partial charge on any atom is 0.318 e. The minimum absolute atomic E-state index is 0.0755. The number of amides is 2. The van der Waals surface area contributed by atoms with Gasteiger partial charge < -0.3 is 29.3 Å². The number of halogens is 1. The zero-order valence-corrected chi connectivity index (χ0v) is 21.3. The molecule has 0 bridgehead atoms. The number of ether oxygens (including phenoxy) is 3. The van der Waals surface area contributed by atoms with Crippen LogP contribution in [0.2, 0.25) is 0 Å². The zero-order chi connectivity index (χ0) is 25.3. The van der Waals surface area contributed by atoms with Crippen LogP contribution >= 0.6 is 0 Å². The van der Waals surface area contributed by atoms with E-state index in [2.05, 4.69) is 10.2 Å². The fraction of sp³-hybridized carbons (Fsp3) is 0.536. The first-order valence-electron chi connectivity index (χ1n) is 13.0. The Morgan fingerprint density at radius 1 is 1.03 bits per heavy atom. The molecule has 2 aromatic carbocycles. The smallest absolute Gasteiger partial charge is 0.318 e. The molecule has 7 nitrogen and oxygen atoms in total. The molecule has 0 saturated carbocycles. The Bertz CT molecular complexity index is 940. The summed E-state index contributed by atoms with van der Waals surface area (Å²) in [5.74, 6) is 0.523. The van der Waals surface area contributed by atoms with Crippen molar-refractivity contribution in [2.75, 3.05) is 32.8 Å². The van der Waals surface area contributed by atoms with Crippen molar-refractivity contribution in [2.24, 2.45) is 0 Å². The van der Waals surface area contributed by atoms with Gasteiger partial charge in [-0.15, -0.1) is 0 Å². The van der Waals surface area contributed by atoms with Gasteiger partial charge in [-0.1, -0.05) is 24.3 Å². The summed E-state index contributed by atoms with van der Waals surface area (Å²) >= 11 is 0. The average molecular weight is 500 g/mol. The number of hydrogen-bond acceptors (Lipinski definition) is 5. The number of carbonyl (C=O) groups is 1. The Hall–Kier alpha value is -2.68. The van der Waals surface area contributed by atoms with Crippen molar-refractivity contribution in [3.63, 3.8) is 0 Å². The summed E-state index contributed by atoms with van der Waals surface area (Å²) in [7, 11) is 0. The van der Waals surface area contributed by atoms with Gasteiger partial charge in [0.1, 0.15) is 11.6 Å². The first-order chi connectivity index (χ1) is 17.4. The van der Waals surface area contributed by atoms with Crippen LogP contribution in [0.1, 0.15) is 44.2 Å². The Morgan fingerprint density at radius 2 is 1.61 bits per heavy atom. The van der Waals surface area contributed by atoms with Gasteiger partial charge in [0.25, 0.3) is 0 Å². The van der Waals surface area contributed by atoms with Gasteiger partial charge in [-0.3, -0.25) is 0 Å². The predicted molar refractivity (Wildman–Crippen MR) is 136 cm³/mol. The Balaban J connectivity index is 1.32. The summed E-state index contributed by atoms with van der Waals surface area (Å²) in [6, 6.07) is 14.2. The third-order valence-electron chi connectivity index (χ3n) is 6.53. The number of nitrogens with one attached hydrogen (secondary N) is 1. The molecule has 2 aliphatic heterocycles. The number of hydrogen-bond donors (Lipinski definition) is 1. The number of piperidine rings is 1. The van der Waals surface area contributed by atoms with Crippen LogP contribution in [0.4, 0.5) is 9.18 Å².